The van der Waals surface area contributed by atoms with Crippen LogP contribution in [0, 0.1) is 12.8 Å². The van der Waals surface area contributed by atoms with E-state index in [1.807, 2.05) is 0 Å². The molecule has 2 unspecified atom stereocenters. The van der Waals surface area contributed by atoms with E-state index in [1.54, 1.807) is 0 Å². The zero-order valence-electron chi connectivity index (χ0n) is 14.9. The highest BCUT2D eigenvalue weighted by molar-refractivity contribution is 7.17. The molecule has 11 heteroatoms. The number of thiophene rings is 1. The predicted octanol–water partition coefficient (Wildman–Crippen LogP) is 4.21. The first kappa shape index (κ1) is 20.7. The molecular weight excluding hydrogens is 407 g/mol. The van der Waals surface area contributed by atoms with Crippen molar-refractivity contribution in [2.75, 3.05) is 13.1 Å². The quantitative estimate of drug-likeness (QED) is 0.750. The van der Waals surface area contributed by atoms with Crippen LogP contribution in [-0.2, 0) is 6.18 Å². The Morgan fingerprint density at radius 3 is 2.57 bits per heavy atom. The van der Waals surface area contributed by atoms with Gasteiger partial charge < -0.3 is 14.5 Å². The third-order valence-corrected chi connectivity index (χ3v) is 5.83. The smallest absolute Gasteiger partial charge is 0.392 e. The minimum absolute atomic E-state index is 0.0232. The predicted molar refractivity (Wildman–Crippen MR) is 90.2 cm³/mol. The van der Waals surface area contributed by atoms with E-state index < -0.39 is 35.8 Å². The highest BCUT2D eigenvalue weighted by Gasteiger charge is 2.44. The number of hydrogen-bond donors (Lipinski definition) is 1. The highest BCUT2D eigenvalue weighted by Crippen LogP contribution is 2.39. The van der Waals surface area contributed by atoms with E-state index in [0.29, 0.717) is 11.8 Å². The van der Waals surface area contributed by atoms with Crippen LogP contribution in [0.3, 0.4) is 0 Å². The first-order chi connectivity index (χ1) is 12.9. The van der Waals surface area contributed by atoms with Gasteiger partial charge in [-0.2, -0.15) is 13.2 Å². The van der Waals surface area contributed by atoms with Crippen molar-refractivity contribution in [3.8, 4) is 10.6 Å². The number of likely N-dealkylation sites (tertiary alicyclic amines) is 1. The van der Waals surface area contributed by atoms with Gasteiger partial charge in [0.15, 0.2) is 0 Å². The van der Waals surface area contributed by atoms with Crippen LogP contribution in [0.5, 0.6) is 0 Å². The Labute approximate surface area is 160 Å². The molecule has 1 saturated heterocycles. The van der Waals surface area contributed by atoms with Gasteiger partial charge in [0.2, 0.25) is 5.76 Å². The monoisotopic (exact) mass is 424 g/mol. The summed E-state index contributed by atoms with van der Waals surface area (Å²) in [7, 11) is 0. The molecule has 5 nitrogen and oxygen atoms in total. The molecule has 2 aromatic rings. The molecular formula is C17H17F5N2O3S. The van der Waals surface area contributed by atoms with Crippen LogP contribution in [0.2, 0.25) is 0 Å². The Balaban J connectivity index is 1.81. The van der Waals surface area contributed by atoms with Crippen molar-refractivity contribution in [3.05, 3.63) is 28.3 Å². The number of nitrogens with zero attached hydrogens (tertiary/aromatic N) is 2. The van der Waals surface area contributed by atoms with Crippen LogP contribution in [-0.4, -0.2) is 46.2 Å². The van der Waals surface area contributed by atoms with Gasteiger partial charge in [0.1, 0.15) is 5.69 Å². The van der Waals surface area contributed by atoms with Crippen molar-refractivity contribution >= 4 is 17.2 Å². The van der Waals surface area contributed by atoms with Gasteiger partial charge in [0, 0.05) is 18.7 Å². The van der Waals surface area contributed by atoms with E-state index in [0.717, 1.165) is 11.3 Å². The number of carbonyl (C=O) groups is 1. The van der Waals surface area contributed by atoms with Gasteiger partial charge in [-0.3, -0.25) is 4.79 Å². The lowest BCUT2D eigenvalue weighted by molar-refractivity contribution is -0.156. The molecule has 2 atom stereocenters. The molecule has 0 bridgehead atoms. The highest BCUT2D eigenvalue weighted by atomic mass is 32.1. The Kier molecular flexibility index (Phi) is 5.26. The number of aliphatic hydroxyl groups excluding tert-OH is 1. The number of amides is 1. The molecule has 0 saturated carbocycles. The molecule has 0 aliphatic carbocycles. The third kappa shape index (κ3) is 3.90. The second-order valence-corrected chi connectivity index (χ2v) is 7.90. The van der Waals surface area contributed by atoms with Gasteiger partial charge in [0.25, 0.3) is 11.8 Å². The number of piperidine rings is 1. The van der Waals surface area contributed by atoms with Crippen LogP contribution >= 0.6 is 11.3 Å². The lowest BCUT2D eigenvalue weighted by Gasteiger charge is -2.38. The van der Waals surface area contributed by atoms with Gasteiger partial charge in [-0.15, -0.1) is 11.3 Å². The number of hydrogen-bond acceptors (Lipinski definition) is 5. The minimum atomic E-state index is -4.68. The van der Waals surface area contributed by atoms with E-state index in [2.05, 4.69) is 9.68 Å². The lowest BCUT2D eigenvalue weighted by Crippen LogP contribution is -2.51. The van der Waals surface area contributed by atoms with Crippen molar-refractivity contribution in [3.63, 3.8) is 0 Å². The molecule has 0 aromatic carbocycles. The zero-order chi connectivity index (χ0) is 20.9. The van der Waals surface area contributed by atoms with E-state index in [1.165, 1.54) is 24.0 Å². The zero-order valence-corrected chi connectivity index (χ0v) is 15.7. The fourth-order valence-corrected chi connectivity index (χ4v) is 4.20. The average molecular weight is 424 g/mol. The Hall–Kier alpha value is -2.01. The minimum Gasteiger partial charge on any atom is -0.392 e. The summed E-state index contributed by atoms with van der Waals surface area (Å²) in [6.45, 7) is 1.72. The molecule has 1 aliphatic heterocycles. The summed E-state index contributed by atoms with van der Waals surface area (Å²) < 4.78 is 70.2. The molecule has 1 aliphatic rings. The summed E-state index contributed by atoms with van der Waals surface area (Å²) >= 11 is 0.904. The largest absolute Gasteiger partial charge is 0.452 e. The molecule has 28 heavy (non-hydrogen) atoms. The second kappa shape index (κ2) is 7.11. The van der Waals surface area contributed by atoms with E-state index in [4.69, 9.17) is 0 Å². The number of rotatable bonds is 3. The van der Waals surface area contributed by atoms with Gasteiger partial charge in [-0.1, -0.05) is 5.16 Å². The van der Waals surface area contributed by atoms with Crippen LogP contribution in [0.15, 0.2) is 16.7 Å². The maximum atomic E-state index is 13.7. The Morgan fingerprint density at radius 2 is 2.00 bits per heavy atom. The van der Waals surface area contributed by atoms with Gasteiger partial charge in [-0.25, -0.2) is 8.78 Å². The topological polar surface area (TPSA) is 66.6 Å². The molecule has 0 spiro atoms. The SMILES string of the molecule is Cc1c(-c2ccc(C(=O)N3CCC(O)C(C(C)(F)F)C3)s2)noc1C(F)(F)F. The fraction of sp³-hybridized carbons (Fsp3) is 0.529. The summed E-state index contributed by atoms with van der Waals surface area (Å²) in [5, 5.41) is 13.3. The van der Waals surface area contributed by atoms with E-state index >= 15 is 0 Å². The summed E-state index contributed by atoms with van der Waals surface area (Å²) in [5.74, 6) is -6.25. The molecule has 1 amide bonds. The van der Waals surface area contributed by atoms with E-state index in [9.17, 15) is 31.9 Å². The van der Waals surface area contributed by atoms with Crippen LogP contribution in [0.4, 0.5) is 22.0 Å². The van der Waals surface area contributed by atoms with Crippen molar-refractivity contribution in [1.29, 1.82) is 0 Å². The van der Waals surface area contributed by atoms with Crippen LogP contribution in [0.25, 0.3) is 10.6 Å². The molecule has 2 aromatic heterocycles. The second-order valence-electron chi connectivity index (χ2n) is 6.82. The molecule has 3 rings (SSSR count). The summed E-state index contributed by atoms with van der Waals surface area (Å²) in [6, 6.07) is 2.85. The number of aliphatic hydroxyl groups is 1. The van der Waals surface area contributed by atoms with Crippen LogP contribution in [0.1, 0.15) is 34.3 Å². The van der Waals surface area contributed by atoms with Crippen molar-refractivity contribution in [2.45, 2.75) is 38.5 Å². The van der Waals surface area contributed by atoms with Gasteiger partial charge in [0.05, 0.1) is 21.8 Å². The third-order valence-electron chi connectivity index (χ3n) is 4.75. The number of halogens is 5. The molecule has 3 heterocycles. The Morgan fingerprint density at radius 1 is 1.32 bits per heavy atom. The summed E-state index contributed by atoms with van der Waals surface area (Å²) in [4.78, 5) is 14.4. The van der Waals surface area contributed by atoms with Gasteiger partial charge in [-0.05, 0) is 32.4 Å². The molecule has 1 fully saturated rings. The summed E-state index contributed by atoms with van der Waals surface area (Å²) in [6.07, 6.45) is -5.86. The molecule has 154 valence electrons. The maximum Gasteiger partial charge on any atom is 0.452 e. The molecule has 1 N–H and O–H groups in total. The first-order valence-corrected chi connectivity index (χ1v) is 9.20. The van der Waals surface area contributed by atoms with Crippen LogP contribution < -0.4 is 0 Å². The normalized spacial score (nSPS) is 21.2. The standard InChI is InChI=1S/C17H17F5N2O3S/c1-8-13(23-27-14(8)17(20,21)22)11-3-4-12(28-11)15(26)24-6-5-10(25)9(7-24)16(2,18)19/h3-4,9-10,25H,5-7H2,1-2H3. The summed E-state index contributed by atoms with van der Waals surface area (Å²) in [5.41, 5.74) is -0.219. The average Bonchev–Trinajstić information content (AvgIpc) is 3.19. The molecule has 0 radical (unpaired) electrons. The van der Waals surface area contributed by atoms with Crippen molar-refractivity contribution in [2.24, 2.45) is 5.92 Å². The fourth-order valence-electron chi connectivity index (χ4n) is 3.19. The Bertz CT molecular complexity index is 871. The number of aromatic nitrogens is 1. The maximum absolute atomic E-state index is 13.7. The van der Waals surface area contributed by atoms with Crippen molar-refractivity contribution < 1.29 is 36.4 Å². The lowest BCUT2D eigenvalue weighted by atomic mass is 9.89. The van der Waals surface area contributed by atoms with Crippen molar-refractivity contribution in [1.82, 2.24) is 10.1 Å². The van der Waals surface area contributed by atoms with E-state index in [-0.39, 0.29) is 35.6 Å². The first-order valence-electron chi connectivity index (χ1n) is 8.38. The number of alkyl halides is 5. The van der Waals surface area contributed by atoms with Gasteiger partial charge >= 0.3 is 6.18 Å². The number of carbonyl (C=O) groups excluding carboxylic acids is 1.